The van der Waals surface area contributed by atoms with E-state index in [9.17, 15) is 4.79 Å². The normalized spacial score (nSPS) is 19.1. The molecule has 0 saturated carbocycles. The lowest BCUT2D eigenvalue weighted by atomic mass is 9.98. The van der Waals surface area contributed by atoms with Crippen molar-refractivity contribution in [1.82, 2.24) is 14.5 Å². The minimum atomic E-state index is 0.145. The molecule has 0 radical (unpaired) electrons. The highest BCUT2D eigenvalue weighted by Gasteiger charge is 2.34. The number of nitrogens with zero attached hydrogens (tertiary/aromatic N) is 3. The zero-order valence-corrected chi connectivity index (χ0v) is 19.4. The summed E-state index contributed by atoms with van der Waals surface area (Å²) in [6, 6.07) is 12.4. The van der Waals surface area contributed by atoms with Crippen molar-refractivity contribution in [3.05, 3.63) is 76.9 Å². The molecule has 2 aromatic carbocycles. The number of ether oxygens (including phenoxy) is 2. The van der Waals surface area contributed by atoms with E-state index >= 15 is 0 Å². The molecular weight excluding hydrogens is 414 g/mol. The lowest BCUT2D eigenvalue weighted by Crippen LogP contribution is -2.44. The van der Waals surface area contributed by atoms with E-state index in [0.717, 1.165) is 66.2 Å². The van der Waals surface area contributed by atoms with E-state index < -0.39 is 0 Å². The first-order valence-corrected chi connectivity index (χ1v) is 11.4. The van der Waals surface area contributed by atoms with Gasteiger partial charge in [-0.15, -0.1) is 0 Å². The minimum Gasteiger partial charge on any atom is -0.496 e. The predicted molar refractivity (Wildman–Crippen MR) is 128 cm³/mol. The summed E-state index contributed by atoms with van der Waals surface area (Å²) in [6.45, 7) is 2.76. The van der Waals surface area contributed by atoms with Crippen LogP contribution in [0.4, 0.5) is 0 Å². The van der Waals surface area contributed by atoms with Gasteiger partial charge < -0.3 is 18.9 Å². The molecule has 0 N–H and O–H groups in total. The molecule has 1 amide bonds. The smallest absolute Gasteiger partial charge is 0.250 e. The number of rotatable bonds is 5. The van der Waals surface area contributed by atoms with Gasteiger partial charge in [0.25, 0.3) is 0 Å². The second-order valence-electron chi connectivity index (χ2n) is 8.79. The van der Waals surface area contributed by atoms with Crippen molar-refractivity contribution >= 4 is 12.0 Å². The van der Waals surface area contributed by atoms with Gasteiger partial charge in [0, 0.05) is 24.4 Å². The number of hydrogen-bond donors (Lipinski definition) is 0. The predicted octanol–water partition coefficient (Wildman–Crippen LogP) is 4.37. The molecule has 5 rings (SSSR count). The molecule has 33 heavy (non-hydrogen) atoms. The molecule has 1 aliphatic heterocycles. The standard InChI is InChI=1S/C27H29N3O3/c1-18-16-29(17-28-18)24-10-9-19(13-26(24)33-3)12-21-7-5-11-30(27(21)31)22-14-20-6-4-8-25(32-2)23(20)15-22/h4,6,8-10,12-13,16-17,22H,5,7,11,14-15H2,1-3H3/t22-/m1/s1. The Kier molecular flexibility index (Phi) is 5.67. The zero-order valence-electron chi connectivity index (χ0n) is 19.4. The summed E-state index contributed by atoms with van der Waals surface area (Å²) in [5, 5.41) is 0. The molecule has 0 bridgehead atoms. The van der Waals surface area contributed by atoms with E-state index in [1.807, 2.05) is 54.1 Å². The van der Waals surface area contributed by atoms with Crippen molar-refractivity contribution < 1.29 is 14.3 Å². The number of imidazole rings is 1. The SMILES string of the molecule is COc1cc(C=C2CCCN([C@@H]3Cc4cccc(OC)c4C3)C2=O)ccc1-n1cnc(C)c1. The number of benzene rings is 2. The molecule has 2 aliphatic rings. The highest BCUT2D eigenvalue weighted by atomic mass is 16.5. The summed E-state index contributed by atoms with van der Waals surface area (Å²) in [5.74, 6) is 1.82. The van der Waals surface area contributed by atoms with E-state index in [2.05, 4.69) is 16.0 Å². The van der Waals surface area contributed by atoms with Crippen LogP contribution in [0.5, 0.6) is 11.5 Å². The minimum absolute atomic E-state index is 0.145. The highest BCUT2D eigenvalue weighted by Crippen LogP contribution is 2.35. The van der Waals surface area contributed by atoms with E-state index in [1.165, 1.54) is 11.1 Å². The van der Waals surface area contributed by atoms with Gasteiger partial charge in [0.1, 0.15) is 11.5 Å². The van der Waals surface area contributed by atoms with Crippen LogP contribution in [-0.4, -0.2) is 47.2 Å². The maximum Gasteiger partial charge on any atom is 0.250 e. The molecule has 6 nitrogen and oxygen atoms in total. The quantitative estimate of drug-likeness (QED) is 0.550. The fourth-order valence-electron chi connectivity index (χ4n) is 5.07. The molecule has 1 fully saturated rings. The van der Waals surface area contributed by atoms with Crippen molar-refractivity contribution in [2.24, 2.45) is 0 Å². The third-order valence-corrected chi connectivity index (χ3v) is 6.70. The van der Waals surface area contributed by atoms with Gasteiger partial charge in [0.05, 0.1) is 31.9 Å². The Morgan fingerprint density at radius 1 is 1.09 bits per heavy atom. The number of aryl methyl sites for hydroxylation is 1. The number of fused-ring (bicyclic) bond motifs is 1. The molecule has 2 heterocycles. The number of likely N-dealkylation sites (tertiary alicyclic amines) is 1. The molecule has 1 aliphatic carbocycles. The molecule has 0 spiro atoms. The van der Waals surface area contributed by atoms with Crippen LogP contribution >= 0.6 is 0 Å². The second-order valence-corrected chi connectivity index (χ2v) is 8.79. The Morgan fingerprint density at radius 3 is 2.70 bits per heavy atom. The van der Waals surface area contributed by atoms with E-state index in [0.29, 0.717) is 0 Å². The summed E-state index contributed by atoms with van der Waals surface area (Å²) in [6.07, 6.45) is 9.27. The highest BCUT2D eigenvalue weighted by molar-refractivity contribution is 5.99. The molecule has 1 aromatic heterocycles. The number of hydrogen-bond acceptors (Lipinski definition) is 4. The van der Waals surface area contributed by atoms with Gasteiger partial charge in [-0.05, 0) is 73.6 Å². The first-order valence-electron chi connectivity index (χ1n) is 11.4. The number of piperidine rings is 1. The largest absolute Gasteiger partial charge is 0.496 e. The van der Waals surface area contributed by atoms with Gasteiger partial charge in [-0.1, -0.05) is 18.2 Å². The average Bonchev–Trinajstić information content (AvgIpc) is 3.46. The van der Waals surface area contributed by atoms with Crippen LogP contribution < -0.4 is 9.47 Å². The third kappa shape index (κ3) is 4.01. The average molecular weight is 444 g/mol. The molecule has 170 valence electrons. The van der Waals surface area contributed by atoms with Crippen LogP contribution in [0.2, 0.25) is 0 Å². The number of carbonyl (C=O) groups excluding carboxylic acids is 1. The molecule has 0 unspecified atom stereocenters. The van der Waals surface area contributed by atoms with E-state index in [-0.39, 0.29) is 11.9 Å². The number of aromatic nitrogens is 2. The van der Waals surface area contributed by atoms with Gasteiger partial charge in [-0.2, -0.15) is 0 Å². The maximum atomic E-state index is 13.5. The Bertz CT molecular complexity index is 1230. The van der Waals surface area contributed by atoms with Gasteiger partial charge in [-0.25, -0.2) is 4.98 Å². The fourth-order valence-corrected chi connectivity index (χ4v) is 5.07. The van der Waals surface area contributed by atoms with Crippen LogP contribution in [-0.2, 0) is 17.6 Å². The topological polar surface area (TPSA) is 56.6 Å². The lowest BCUT2D eigenvalue weighted by Gasteiger charge is -2.33. The van der Waals surface area contributed by atoms with Crippen molar-refractivity contribution in [2.75, 3.05) is 20.8 Å². The zero-order chi connectivity index (χ0) is 22.9. The second kappa shape index (κ2) is 8.77. The monoisotopic (exact) mass is 443 g/mol. The molecule has 1 saturated heterocycles. The third-order valence-electron chi connectivity index (χ3n) is 6.70. The number of carbonyl (C=O) groups is 1. The van der Waals surface area contributed by atoms with Crippen molar-refractivity contribution in [1.29, 1.82) is 0 Å². The number of methoxy groups -OCH3 is 2. The first kappa shape index (κ1) is 21.3. The Hall–Kier alpha value is -3.54. The van der Waals surface area contributed by atoms with Crippen molar-refractivity contribution in [3.8, 4) is 17.2 Å². The number of amides is 1. The Labute approximate surface area is 194 Å². The Balaban J connectivity index is 1.38. The summed E-state index contributed by atoms with van der Waals surface area (Å²) in [4.78, 5) is 19.8. The van der Waals surface area contributed by atoms with Gasteiger partial charge in [0.15, 0.2) is 0 Å². The van der Waals surface area contributed by atoms with Crippen LogP contribution in [0.3, 0.4) is 0 Å². The summed E-state index contributed by atoms with van der Waals surface area (Å²) in [5.41, 5.74) is 6.23. The molecule has 3 aromatic rings. The van der Waals surface area contributed by atoms with Gasteiger partial charge >= 0.3 is 0 Å². The first-order chi connectivity index (χ1) is 16.1. The van der Waals surface area contributed by atoms with Crippen LogP contribution in [0.15, 0.2) is 54.5 Å². The van der Waals surface area contributed by atoms with Gasteiger partial charge in [0.2, 0.25) is 5.91 Å². The van der Waals surface area contributed by atoms with E-state index in [1.54, 1.807) is 20.5 Å². The summed E-state index contributed by atoms with van der Waals surface area (Å²) < 4.78 is 13.1. The molecular formula is C27H29N3O3. The van der Waals surface area contributed by atoms with Crippen LogP contribution in [0.1, 0.15) is 35.2 Å². The molecule has 1 atom stereocenters. The van der Waals surface area contributed by atoms with E-state index in [4.69, 9.17) is 9.47 Å². The Morgan fingerprint density at radius 2 is 1.94 bits per heavy atom. The van der Waals surface area contributed by atoms with Crippen LogP contribution in [0, 0.1) is 6.92 Å². The summed E-state index contributed by atoms with van der Waals surface area (Å²) in [7, 11) is 3.38. The van der Waals surface area contributed by atoms with Crippen molar-refractivity contribution in [3.63, 3.8) is 0 Å². The summed E-state index contributed by atoms with van der Waals surface area (Å²) >= 11 is 0. The van der Waals surface area contributed by atoms with Gasteiger partial charge in [-0.3, -0.25) is 4.79 Å². The molecule has 6 heteroatoms. The van der Waals surface area contributed by atoms with Crippen LogP contribution in [0.25, 0.3) is 11.8 Å². The fraction of sp³-hybridized carbons (Fsp3) is 0.333. The lowest BCUT2D eigenvalue weighted by molar-refractivity contribution is -0.130. The maximum absolute atomic E-state index is 13.5. The van der Waals surface area contributed by atoms with Crippen molar-refractivity contribution in [2.45, 2.75) is 38.6 Å².